The number of urea groups is 1. The molecule has 0 atom stereocenters. The van der Waals surface area contributed by atoms with E-state index in [4.69, 9.17) is 10.2 Å². The first-order chi connectivity index (χ1) is 9.06. The molecule has 0 radical (unpaired) electrons. The molecule has 0 bridgehead atoms. The second-order valence-electron chi connectivity index (χ2n) is 5.06. The Morgan fingerprint density at radius 3 is 2.32 bits per heavy atom. The lowest BCUT2D eigenvalue weighted by Gasteiger charge is -2.36. The number of carboxylic acid groups (broad SMARTS) is 1. The van der Waals surface area contributed by atoms with E-state index >= 15 is 0 Å². The molecular formula is C13H24N2O4. The summed E-state index contributed by atoms with van der Waals surface area (Å²) in [5.41, 5.74) is 0. The zero-order valence-electron chi connectivity index (χ0n) is 11.5. The maximum atomic E-state index is 12.3. The topological polar surface area (TPSA) is 81.1 Å². The quantitative estimate of drug-likeness (QED) is 0.759. The summed E-state index contributed by atoms with van der Waals surface area (Å²) in [5.74, 6) is -0.911. The average molecular weight is 272 g/mol. The molecule has 110 valence electrons. The van der Waals surface area contributed by atoms with E-state index in [1.54, 1.807) is 11.9 Å². The van der Waals surface area contributed by atoms with Gasteiger partial charge in [-0.05, 0) is 12.8 Å². The van der Waals surface area contributed by atoms with Crippen molar-refractivity contribution in [2.24, 2.45) is 0 Å². The van der Waals surface area contributed by atoms with E-state index in [0.29, 0.717) is 6.54 Å². The number of carbonyl (C=O) groups is 2. The number of hydrogen-bond acceptors (Lipinski definition) is 3. The highest BCUT2D eigenvalue weighted by molar-refractivity contribution is 5.75. The van der Waals surface area contributed by atoms with E-state index < -0.39 is 5.97 Å². The van der Waals surface area contributed by atoms with Crippen LogP contribution in [0.2, 0.25) is 0 Å². The van der Waals surface area contributed by atoms with E-state index in [1.807, 2.05) is 0 Å². The molecule has 0 heterocycles. The normalized spacial score (nSPS) is 16.1. The SMILES string of the molecule is CN(CCC(=O)O)C(=O)N(CCO)C1CCCCC1. The maximum Gasteiger partial charge on any atom is 0.320 e. The first-order valence-corrected chi connectivity index (χ1v) is 6.90. The molecule has 0 unspecified atom stereocenters. The molecule has 0 aliphatic heterocycles. The van der Waals surface area contributed by atoms with Crippen LogP contribution in [0.3, 0.4) is 0 Å². The number of rotatable bonds is 6. The molecule has 6 nitrogen and oxygen atoms in total. The van der Waals surface area contributed by atoms with Gasteiger partial charge in [-0.15, -0.1) is 0 Å². The fourth-order valence-corrected chi connectivity index (χ4v) is 2.51. The molecule has 19 heavy (non-hydrogen) atoms. The number of carboxylic acids is 1. The van der Waals surface area contributed by atoms with Crippen LogP contribution in [0.5, 0.6) is 0 Å². The molecular weight excluding hydrogens is 248 g/mol. The molecule has 0 aromatic heterocycles. The van der Waals surface area contributed by atoms with E-state index in [0.717, 1.165) is 25.7 Å². The first-order valence-electron chi connectivity index (χ1n) is 6.90. The van der Waals surface area contributed by atoms with Gasteiger partial charge < -0.3 is 20.0 Å². The van der Waals surface area contributed by atoms with Crippen molar-refractivity contribution in [3.63, 3.8) is 0 Å². The molecule has 6 heteroatoms. The summed E-state index contributed by atoms with van der Waals surface area (Å²) in [6.45, 7) is 0.457. The van der Waals surface area contributed by atoms with Gasteiger partial charge in [-0.1, -0.05) is 19.3 Å². The van der Waals surface area contributed by atoms with Gasteiger partial charge >= 0.3 is 12.0 Å². The monoisotopic (exact) mass is 272 g/mol. The first kappa shape index (κ1) is 15.8. The lowest BCUT2D eigenvalue weighted by molar-refractivity contribution is -0.137. The molecule has 0 saturated heterocycles. The average Bonchev–Trinajstić information content (AvgIpc) is 2.42. The number of aliphatic hydroxyl groups excluding tert-OH is 1. The predicted octanol–water partition coefficient (Wildman–Crippen LogP) is 1.14. The van der Waals surface area contributed by atoms with Gasteiger partial charge in [0.1, 0.15) is 0 Å². The van der Waals surface area contributed by atoms with Gasteiger partial charge in [0.05, 0.1) is 13.0 Å². The van der Waals surface area contributed by atoms with Crippen LogP contribution >= 0.6 is 0 Å². The molecule has 0 aromatic carbocycles. The van der Waals surface area contributed by atoms with Crippen LogP contribution < -0.4 is 0 Å². The highest BCUT2D eigenvalue weighted by Crippen LogP contribution is 2.23. The van der Waals surface area contributed by atoms with Crippen LogP contribution in [0.15, 0.2) is 0 Å². The van der Waals surface area contributed by atoms with E-state index in [9.17, 15) is 9.59 Å². The smallest absolute Gasteiger partial charge is 0.320 e. The fraction of sp³-hybridized carbons (Fsp3) is 0.846. The molecule has 1 aliphatic carbocycles. The molecule has 1 fully saturated rings. The number of hydrogen-bond donors (Lipinski definition) is 2. The van der Waals surface area contributed by atoms with Gasteiger partial charge in [-0.25, -0.2) is 4.79 Å². The van der Waals surface area contributed by atoms with Crippen LogP contribution in [-0.4, -0.2) is 64.8 Å². The van der Waals surface area contributed by atoms with Gasteiger partial charge in [0, 0.05) is 26.2 Å². The van der Waals surface area contributed by atoms with Gasteiger partial charge in [0.2, 0.25) is 0 Å². The Kier molecular flexibility index (Phi) is 6.62. The number of carbonyl (C=O) groups excluding carboxylic acids is 1. The van der Waals surface area contributed by atoms with Crippen molar-refractivity contribution >= 4 is 12.0 Å². The molecule has 0 aromatic rings. The molecule has 1 saturated carbocycles. The third-order valence-electron chi connectivity index (χ3n) is 3.59. The largest absolute Gasteiger partial charge is 0.481 e. The third-order valence-corrected chi connectivity index (χ3v) is 3.59. The second-order valence-corrected chi connectivity index (χ2v) is 5.06. The summed E-state index contributed by atoms with van der Waals surface area (Å²) < 4.78 is 0. The van der Waals surface area contributed by atoms with Gasteiger partial charge in [-0.3, -0.25) is 4.79 Å². The third kappa shape index (κ3) is 5.06. The van der Waals surface area contributed by atoms with Gasteiger partial charge in [0.25, 0.3) is 0 Å². The minimum atomic E-state index is -0.911. The van der Waals surface area contributed by atoms with Crippen LogP contribution in [0.1, 0.15) is 38.5 Å². The van der Waals surface area contributed by atoms with Crippen molar-refractivity contribution in [3.05, 3.63) is 0 Å². The Hall–Kier alpha value is -1.30. The van der Waals surface area contributed by atoms with E-state index in [2.05, 4.69) is 0 Å². The second kappa shape index (κ2) is 7.99. The van der Waals surface area contributed by atoms with E-state index in [1.165, 1.54) is 11.3 Å². The van der Waals surface area contributed by atoms with Gasteiger partial charge in [0.15, 0.2) is 0 Å². The number of aliphatic hydroxyl groups is 1. The lowest BCUT2D eigenvalue weighted by Crippen LogP contribution is -2.49. The zero-order chi connectivity index (χ0) is 14.3. The summed E-state index contributed by atoms with van der Waals surface area (Å²) in [6, 6.07) is 0.00266. The Morgan fingerprint density at radius 2 is 1.79 bits per heavy atom. The Balaban J connectivity index is 2.57. The summed E-state index contributed by atoms with van der Waals surface area (Å²) in [5, 5.41) is 17.8. The van der Waals surface area contributed by atoms with E-state index in [-0.39, 0.29) is 31.6 Å². The molecule has 1 rings (SSSR count). The molecule has 1 aliphatic rings. The maximum absolute atomic E-state index is 12.3. The predicted molar refractivity (Wildman–Crippen MR) is 70.9 cm³/mol. The minimum absolute atomic E-state index is 0.0557. The molecule has 2 amide bonds. The lowest BCUT2D eigenvalue weighted by atomic mass is 9.94. The van der Waals surface area contributed by atoms with Crippen LogP contribution in [0.25, 0.3) is 0 Å². The highest BCUT2D eigenvalue weighted by atomic mass is 16.4. The van der Waals surface area contributed by atoms with Crippen LogP contribution in [0.4, 0.5) is 4.79 Å². The number of nitrogens with zero attached hydrogens (tertiary/aromatic N) is 2. The Bertz CT molecular complexity index is 303. The summed E-state index contributed by atoms with van der Waals surface area (Å²) in [6.07, 6.45) is 5.31. The van der Waals surface area contributed by atoms with Crippen molar-refractivity contribution in [1.82, 2.24) is 9.80 Å². The van der Waals surface area contributed by atoms with Crippen molar-refractivity contribution in [2.45, 2.75) is 44.6 Å². The van der Waals surface area contributed by atoms with Crippen LogP contribution in [-0.2, 0) is 4.79 Å². The summed E-state index contributed by atoms with van der Waals surface area (Å²) >= 11 is 0. The summed E-state index contributed by atoms with van der Waals surface area (Å²) in [7, 11) is 1.61. The number of aliphatic carboxylic acids is 1. The molecule has 2 N–H and O–H groups in total. The van der Waals surface area contributed by atoms with Crippen molar-refractivity contribution in [2.75, 3.05) is 26.7 Å². The minimum Gasteiger partial charge on any atom is -0.481 e. The summed E-state index contributed by atoms with van der Waals surface area (Å²) in [4.78, 5) is 25.9. The van der Waals surface area contributed by atoms with Gasteiger partial charge in [-0.2, -0.15) is 0 Å². The Morgan fingerprint density at radius 1 is 1.16 bits per heavy atom. The van der Waals surface area contributed by atoms with Crippen molar-refractivity contribution in [3.8, 4) is 0 Å². The standard InChI is InChI=1S/C13H24N2O4/c1-14(8-7-12(17)18)13(19)15(9-10-16)11-5-3-2-4-6-11/h11,16H,2-10H2,1H3,(H,17,18). The van der Waals surface area contributed by atoms with Crippen molar-refractivity contribution < 1.29 is 19.8 Å². The van der Waals surface area contributed by atoms with Crippen LogP contribution in [0, 0.1) is 0 Å². The Labute approximate surface area is 114 Å². The number of amides is 2. The highest BCUT2D eigenvalue weighted by Gasteiger charge is 2.27. The zero-order valence-corrected chi connectivity index (χ0v) is 11.5. The fourth-order valence-electron chi connectivity index (χ4n) is 2.51. The molecule has 0 spiro atoms. The van der Waals surface area contributed by atoms with Crippen molar-refractivity contribution in [1.29, 1.82) is 0 Å².